The molecule has 7 heteroatoms. The summed E-state index contributed by atoms with van der Waals surface area (Å²) in [6, 6.07) is 6.16. The minimum atomic E-state index is -0.688. The lowest BCUT2D eigenvalue weighted by Gasteiger charge is -2.36. The normalized spacial score (nSPS) is 15.7. The number of nitro groups is 1. The zero-order valence-electron chi connectivity index (χ0n) is 12.4. The van der Waals surface area contributed by atoms with Crippen LogP contribution in [-0.2, 0) is 4.79 Å². The Labute approximate surface area is 128 Å². The lowest BCUT2D eigenvalue weighted by molar-refractivity contribution is -0.384. The predicted octanol–water partition coefficient (Wildman–Crippen LogP) is 1.82. The van der Waals surface area contributed by atoms with E-state index in [1.165, 1.54) is 12.1 Å². The minimum absolute atomic E-state index is 0.0545. The Kier molecular flexibility index (Phi) is 5.32. The molecule has 1 aromatic rings. The number of benzene rings is 1. The number of non-ortho nitro benzene ring substituents is 1. The fourth-order valence-corrected chi connectivity index (χ4v) is 2.30. The van der Waals surface area contributed by atoms with Crippen LogP contribution >= 0.6 is 0 Å². The van der Waals surface area contributed by atoms with Crippen molar-refractivity contribution in [3.05, 3.63) is 34.4 Å². The van der Waals surface area contributed by atoms with Crippen molar-refractivity contribution < 1.29 is 14.8 Å². The molecule has 1 fully saturated rings. The van der Waals surface area contributed by atoms with Gasteiger partial charge in [0.1, 0.15) is 0 Å². The monoisotopic (exact) mass is 307 g/mol. The first-order valence-corrected chi connectivity index (χ1v) is 7.46. The van der Waals surface area contributed by atoms with Gasteiger partial charge in [-0.1, -0.05) is 0 Å². The van der Waals surface area contributed by atoms with Crippen molar-refractivity contribution in [2.45, 2.75) is 37.7 Å². The number of carbonyl (C=O) groups is 1. The number of nitrogens with zero attached hydrogens (tertiary/aromatic N) is 1. The third kappa shape index (κ3) is 4.70. The minimum Gasteiger partial charge on any atom is -0.388 e. The number of nitro benzene ring substituents is 1. The average Bonchev–Trinajstić information content (AvgIpc) is 2.48. The third-order valence-corrected chi connectivity index (χ3v) is 3.89. The van der Waals surface area contributed by atoms with Crippen molar-refractivity contribution in [3.8, 4) is 0 Å². The van der Waals surface area contributed by atoms with Crippen LogP contribution in [0.25, 0.3) is 0 Å². The Morgan fingerprint density at radius 2 is 2.00 bits per heavy atom. The van der Waals surface area contributed by atoms with Crippen LogP contribution in [0.4, 0.5) is 11.4 Å². The largest absolute Gasteiger partial charge is 0.388 e. The van der Waals surface area contributed by atoms with E-state index in [9.17, 15) is 20.0 Å². The molecule has 0 heterocycles. The van der Waals surface area contributed by atoms with Gasteiger partial charge in [0.05, 0.1) is 10.5 Å². The first-order chi connectivity index (χ1) is 10.5. The molecule has 0 aromatic heterocycles. The van der Waals surface area contributed by atoms with Gasteiger partial charge in [-0.25, -0.2) is 0 Å². The second-order valence-electron chi connectivity index (χ2n) is 5.69. The molecule has 0 aliphatic heterocycles. The number of carbonyl (C=O) groups excluding carboxylic acids is 1. The average molecular weight is 307 g/mol. The summed E-state index contributed by atoms with van der Waals surface area (Å²) in [5.41, 5.74) is 0.154. The van der Waals surface area contributed by atoms with Crippen LogP contribution in [0.2, 0.25) is 0 Å². The van der Waals surface area contributed by atoms with E-state index in [1.54, 1.807) is 12.1 Å². The molecule has 0 spiro atoms. The lowest BCUT2D eigenvalue weighted by atomic mass is 9.80. The molecule has 120 valence electrons. The molecular formula is C15H21N3O4. The van der Waals surface area contributed by atoms with E-state index in [-0.39, 0.29) is 11.6 Å². The van der Waals surface area contributed by atoms with Crippen molar-refractivity contribution in [1.29, 1.82) is 0 Å². The van der Waals surface area contributed by atoms with Crippen LogP contribution in [0.15, 0.2) is 24.3 Å². The summed E-state index contributed by atoms with van der Waals surface area (Å²) >= 11 is 0. The molecule has 7 nitrogen and oxygen atoms in total. The Morgan fingerprint density at radius 3 is 2.55 bits per heavy atom. The van der Waals surface area contributed by atoms with E-state index in [4.69, 9.17) is 0 Å². The topological polar surface area (TPSA) is 104 Å². The Morgan fingerprint density at radius 1 is 1.32 bits per heavy atom. The number of nitrogens with one attached hydrogen (secondary N) is 2. The van der Waals surface area contributed by atoms with E-state index in [0.29, 0.717) is 25.9 Å². The van der Waals surface area contributed by atoms with Gasteiger partial charge >= 0.3 is 0 Å². The first kappa shape index (κ1) is 16.2. The molecule has 3 N–H and O–H groups in total. The maximum Gasteiger partial charge on any atom is 0.269 e. The summed E-state index contributed by atoms with van der Waals surface area (Å²) in [5.74, 6) is -0.0641. The van der Waals surface area contributed by atoms with Gasteiger partial charge in [0.2, 0.25) is 5.91 Å². The van der Waals surface area contributed by atoms with Gasteiger partial charge in [0.25, 0.3) is 5.69 Å². The summed E-state index contributed by atoms with van der Waals surface area (Å²) in [6.45, 7) is 0.942. The van der Waals surface area contributed by atoms with E-state index in [0.717, 1.165) is 24.9 Å². The van der Waals surface area contributed by atoms with Crippen LogP contribution in [0.3, 0.4) is 0 Å². The summed E-state index contributed by atoms with van der Waals surface area (Å²) in [4.78, 5) is 21.7. The predicted molar refractivity (Wildman–Crippen MR) is 82.6 cm³/mol. The van der Waals surface area contributed by atoms with Crippen molar-refractivity contribution in [2.24, 2.45) is 0 Å². The molecule has 1 amide bonds. The smallest absolute Gasteiger partial charge is 0.269 e. The van der Waals surface area contributed by atoms with Crippen LogP contribution < -0.4 is 10.6 Å². The quantitative estimate of drug-likeness (QED) is 0.386. The van der Waals surface area contributed by atoms with Crippen molar-refractivity contribution in [2.75, 3.05) is 18.4 Å². The standard InChI is InChI=1S/C15H21N3O4/c19-14(17-11-15(20)8-2-9-15)3-1-10-16-12-4-6-13(7-5-12)18(21)22/h4-7,16,20H,1-3,8-11H2,(H,17,19). The van der Waals surface area contributed by atoms with Crippen molar-refractivity contribution in [1.82, 2.24) is 5.32 Å². The van der Waals surface area contributed by atoms with E-state index < -0.39 is 10.5 Å². The van der Waals surface area contributed by atoms with Crippen LogP contribution in [0.5, 0.6) is 0 Å². The van der Waals surface area contributed by atoms with Gasteiger partial charge in [-0.2, -0.15) is 0 Å². The summed E-state index contributed by atoms with van der Waals surface area (Å²) in [6.07, 6.45) is 3.58. The molecule has 22 heavy (non-hydrogen) atoms. The number of anilines is 1. The molecule has 0 radical (unpaired) electrons. The lowest BCUT2D eigenvalue weighted by Crippen LogP contribution is -2.47. The highest BCUT2D eigenvalue weighted by Gasteiger charge is 2.34. The van der Waals surface area contributed by atoms with E-state index >= 15 is 0 Å². The second kappa shape index (κ2) is 7.22. The molecule has 1 aliphatic carbocycles. The second-order valence-corrected chi connectivity index (χ2v) is 5.69. The zero-order chi connectivity index (χ0) is 16.0. The van der Waals surface area contributed by atoms with Crippen LogP contribution in [0, 0.1) is 10.1 Å². The number of hydrogen-bond acceptors (Lipinski definition) is 5. The molecule has 1 aliphatic rings. The Balaban J connectivity index is 1.60. The fraction of sp³-hybridized carbons (Fsp3) is 0.533. The van der Waals surface area contributed by atoms with Crippen LogP contribution in [0.1, 0.15) is 32.1 Å². The van der Waals surface area contributed by atoms with Gasteiger partial charge in [0.15, 0.2) is 0 Å². The molecule has 0 atom stereocenters. The fourth-order valence-electron chi connectivity index (χ4n) is 2.30. The van der Waals surface area contributed by atoms with Crippen LogP contribution in [-0.4, -0.2) is 34.6 Å². The molecule has 1 aromatic carbocycles. The highest BCUT2D eigenvalue weighted by atomic mass is 16.6. The summed E-state index contributed by atoms with van der Waals surface area (Å²) < 4.78 is 0. The number of amides is 1. The molecule has 0 unspecified atom stereocenters. The summed E-state index contributed by atoms with van der Waals surface area (Å²) in [7, 11) is 0. The van der Waals surface area contributed by atoms with Gasteiger partial charge in [0, 0.05) is 37.3 Å². The zero-order valence-corrected chi connectivity index (χ0v) is 12.4. The molecule has 0 bridgehead atoms. The number of hydrogen-bond donors (Lipinski definition) is 3. The van der Waals surface area contributed by atoms with Gasteiger partial charge < -0.3 is 15.7 Å². The Hall–Kier alpha value is -2.15. The molecule has 0 saturated heterocycles. The van der Waals surface area contributed by atoms with Gasteiger partial charge in [-0.05, 0) is 37.8 Å². The Bertz CT molecular complexity index is 526. The summed E-state index contributed by atoms with van der Waals surface area (Å²) in [5, 5.41) is 26.3. The number of rotatable bonds is 8. The number of aliphatic hydroxyl groups is 1. The van der Waals surface area contributed by atoms with E-state index in [2.05, 4.69) is 10.6 Å². The van der Waals surface area contributed by atoms with E-state index in [1.807, 2.05) is 0 Å². The molecule has 1 saturated carbocycles. The maximum absolute atomic E-state index is 11.6. The maximum atomic E-state index is 11.6. The highest BCUT2D eigenvalue weighted by molar-refractivity contribution is 5.76. The third-order valence-electron chi connectivity index (χ3n) is 3.89. The molecule has 2 rings (SSSR count). The first-order valence-electron chi connectivity index (χ1n) is 7.46. The highest BCUT2D eigenvalue weighted by Crippen LogP contribution is 2.30. The molecular weight excluding hydrogens is 286 g/mol. The van der Waals surface area contributed by atoms with Gasteiger partial charge in [-0.15, -0.1) is 0 Å². The van der Waals surface area contributed by atoms with Gasteiger partial charge in [-0.3, -0.25) is 14.9 Å². The SMILES string of the molecule is O=C(CCCNc1ccc([N+](=O)[O-])cc1)NCC1(O)CCC1. The van der Waals surface area contributed by atoms with Crippen molar-refractivity contribution in [3.63, 3.8) is 0 Å². The van der Waals surface area contributed by atoms with Crippen molar-refractivity contribution >= 4 is 17.3 Å².